The second-order valence-corrected chi connectivity index (χ2v) is 8.38. The van der Waals surface area contributed by atoms with Gasteiger partial charge in [-0.2, -0.15) is 0 Å². The molecule has 0 radical (unpaired) electrons. The van der Waals surface area contributed by atoms with E-state index in [-0.39, 0.29) is 17.8 Å². The third kappa shape index (κ3) is 3.87. The molecule has 1 aromatic heterocycles. The maximum atomic E-state index is 12.3. The predicted molar refractivity (Wildman–Crippen MR) is 101 cm³/mol. The number of fused-ring (bicyclic) bond motifs is 1. The van der Waals surface area contributed by atoms with Gasteiger partial charge >= 0.3 is 6.09 Å². The summed E-state index contributed by atoms with van der Waals surface area (Å²) in [5.74, 6) is 0. The minimum atomic E-state index is -0.518. The van der Waals surface area contributed by atoms with Crippen LogP contribution in [0.25, 0.3) is 10.2 Å². The summed E-state index contributed by atoms with van der Waals surface area (Å²) in [6.07, 6.45) is -0.301. The molecule has 0 N–H and O–H groups in total. The predicted octanol–water partition coefficient (Wildman–Crippen LogP) is 3.65. The number of aromatic nitrogens is 1. The summed E-state index contributed by atoms with van der Waals surface area (Å²) in [7, 11) is 0. The zero-order valence-corrected chi connectivity index (χ0v) is 16.1. The largest absolute Gasteiger partial charge is 0.444 e. The van der Waals surface area contributed by atoms with Crippen molar-refractivity contribution in [1.82, 2.24) is 9.88 Å². The molecule has 2 heterocycles. The zero-order chi connectivity index (χ0) is 19.1. The SMILES string of the molecule is C[C@@H]1CN(c2nc3cc([N+](=O)[O-])ccc3s2)CCN1C(=O)OC(C)(C)C. The first-order valence-electron chi connectivity index (χ1n) is 8.43. The Morgan fingerprint density at radius 3 is 2.73 bits per heavy atom. The molecule has 1 aliphatic rings. The van der Waals surface area contributed by atoms with Gasteiger partial charge in [0.2, 0.25) is 0 Å². The van der Waals surface area contributed by atoms with Crippen LogP contribution in [0.1, 0.15) is 27.7 Å². The van der Waals surface area contributed by atoms with E-state index in [1.54, 1.807) is 11.0 Å². The normalized spacial score (nSPS) is 18.2. The molecular formula is C17H22N4O4S. The molecule has 140 valence electrons. The van der Waals surface area contributed by atoms with E-state index in [1.165, 1.54) is 23.5 Å². The van der Waals surface area contributed by atoms with Gasteiger partial charge in [-0.15, -0.1) is 0 Å². The zero-order valence-electron chi connectivity index (χ0n) is 15.3. The van der Waals surface area contributed by atoms with Crippen LogP contribution in [0.3, 0.4) is 0 Å². The first kappa shape index (κ1) is 18.4. The van der Waals surface area contributed by atoms with Crippen molar-refractivity contribution in [3.63, 3.8) is 0 Å². The van der Waals surface area contributed by atoms with Crippen molar-refractivity contribution in [2.75, 3.05) is 24.5 Å². The number of hydrogen-bond donors (Lipinski definition) is 0. The van der Waals surface area contributed by atoms with E-state index in [2.05, 4.69) is 9.88 Å². The van der Waals surface area contributed by atoms with E-state index < -0.39 is 10.5 Å². The number of ether oxygens (including phenoxy) is 1. The fourth-order valence-electron chi connectivity index (χ4n) is 2.88. The number of nitro groups is 1. The summed E-state index contributed by atoms with van der Waals surface area (Å²) in [6.45, 7) is 9.37. The summed E-state index contributed by atoms with van der Waals surface area (Å²) in [5, 5.41) is 11.7. The Balaban J connectivity index is 1.73. The number of carbonyl (C=O) groups excluding carboxylic acids is 1. The van der Waals surface area contributed by atoms with Crippen molar-refractivity contribution in [2.45, 2.75) is 39.3 Å². The van der Waals surface area contributed by atoms with E-state index in [0.717, 1.165) is 9.83 Å². The average molecular weight is 378 g/mol. The number of nitrogens with zero attached hydrogens (tertiary/aromatic N) is 4. The highest BCUT2D eigenvalue weighted by Crippen LogP contribution is 2.32. The number of carbonyl (C=O) groups is 1. The van der Waals surface area contributed by atoms with Gasteiger partial charge in [0.15, 0.2) is 5.13 Å². The first-order chi connectivity index (χ1) is 12.1. The van der Waals surface area contributed by atoms with Gasteiger partial charge in [-0.25, -0.2) is 9.78 Å². The summed E-state index contributed by atoms with van der Waals surface area (Å²) in [5.41, 5.74) is 0.147. The lowest BCUT2D eigenvalue weighted by Crippen LogP contribution is -2.55. The van der Waals surface area contributed by atoms with Crippen molar-refractivity contribution in [3.05, 3.63) is 28.3 Å². The molecule has 0 bridgehead atoms. The van der Waals surface area contributed by atoms with Crippen LogP contribution in [0.15, 0.2) is 18.2 Å². The number of non-ortho nitro benzene ring substituents is 1. The van der Waals surface area contributed by atoms with Crippen molar-refractivity contribution in [3.8, 4) is 0 Å². The number of nitro benzene ring substituents is 1. The number of benzene rings is 1. The number of anilines is 1. The molecule has 1 aliphatic heterocycles. The van der Waals surface area contributed by atoms with Crippen molar-refractivity contribution in [2.24, 2.45) is 0 Å². The van der Waals surface area contributed by atoms with E-state index in [0.29, 0.717) is 25.2 Å². The van der Waals surface area contributed by atoms with Crippen LogP contribution in [-0.4, -0.2) is 52.2 Å². The highest BCUT2D eigenvalue weighted by atomic mass is 32.1. The molecule has 2 aromatic rings. The van der Waals surface area contributed by atoms with Crippen LogP contribution < -0.4 is 4.90 Å². The third-order valence-electron chi connectivity index (χ3n) is 4.10. The van der Waals surface area contributed by atoms with Gasteiger partial charge in [0.1, 0.15) is 5.60 Å². The van der Waals surface area contributed by atoms with Gasteiger partial charge in [0.05, 0.1) is 15.1 Å². The Hall–Kier alpha value is -2.42. The third-order valence-corrected chi connectivity index (χ3v) is 5.19. The van der Waals surface area contributed by atoms with E-state index in [9.17, 15) is 14.9 Å². The molecule has 0 spiro atoms. The minimum Gasteiger partial charge on any atom is -0.444 e. The van der Waals surface area contributed by atoms with Gasteiger partial charge in [-0.1, -0.05) is 11.3 Å². The summed E-state index contributed by atoms with van der Waals surface area (Å²) in [4.78, 5) is 31.2. The maximum Gasteiger partial charge on any atom is 0.410 e. The molecule has 0 unspecified atom stereocenters. The van der Waals surface area contributed by atoms with Gasteiger partial charge < -0.3 is 14.5 Å². The average Bonchev–Trinajstić information content (AvgIpc) is 2.95. The fourth-order valence-corrected chi connectivity index (χ4v) is 3.86. The molecule has 0 aliphatic carbocycles. The number of rotatable bonds is 2. The molecular weight excluding hydrogens is 356 g/mol. The molecule has 1 fully saturated rings. The van der Waals surface area contributed by atoms with Crippen molar-refractivity contribution >= 4 is 38.5 Å². The lowest BCUT2D eigenvalue weighted by atomic mass is 10.2. The summed E-state index contributed by atoms with van der Waals surface area (Å²) in [6, 6.07) is 4.71. The maximum absolute atomic E-state index is 12.3. The molecule has 1 atom stereocenters. The van der Waals surface area contributed by atoms with Crippen LogP contribution in [0.5, 0.6) is 0 Å². The number of piperazine rings is 1. The Labute approximate surface area is 155 Å². The van der Waals surface area contributed by atoms with Crippen molar-refractivity contribution < 1.29 is 14.5 Å². The van der Waals surface area contributed by atoms with Crippen LogP contribution in [-0.2, 0) is 4.74 Å². The fraction of sp³-hybridized carbons (Fsp3) is 0.529. The van der Waals surface area contributed by atoms with Gasteiger partial charge in [0.25, 0.3) is 5.69 Å². The molecule has 1 aromatic carbocycles. The Morgan fingerprint density at radius 1 is 1.38 bits per heavy atom. The smallest absolute Gasteiger partial charge is 0.410 e. The van der Waals surface area contributed by atoms with Crippen LogP contribution in [0.4, 0.5) is 15.6 Å². The lowest BCUT2D eigenvalue weighted by Gasteiger charge is -2.40. The van der Waals surface area contributed by atoms with Crippen LogP contribution in [0, 0.1) is 10.1 Å². The summed E-state index contributed by atoms with van der Waals surface area (Å²) < 4.78 is 6.37. The Bertz CT molecular complexity index is 845. The standard InChI is InChI=1S/C17H22N4O4S/c1-11-10-19(7-8-20(11)16(22)25-17(2,3)4)15-18-13-9-12(21(23)24)5-6-14(13)26-15/h5-6,9,11H,7-8,10H2,1-4H3/t11-/m1/s1. The van der Waals surface area contributed by atoms with E-state index >= 15 is 0 Å². The van der Waals surface area contributed by atoms with Crippen LogP contribution >= 0.6 is 11.3 Å². The molecule has 26 heavy (non-hydrogen) atoms. The van der Waals surface area contributed by atoms with Crippen molar-refractivity contribution in [1.29, 1.82) is 0 Å². The molecule has 9 heteroatoms. The highest BCUT2D eigenvalue weighted by Gasteiger charge is 2.31. The van der Waals surface area contributed by atoms with Gasteiger partial charge in [0, 0.05) is 37.8 Å². The lowest BCUT2D eigenvalue weighted by molar-refractivity contribution is -0.384. The quantitative estimate of drug-likeness (QED) is 0.585. The second kappa shape index (κ2) is 6.71. The Morgan fingerprint density at radius 2 is 2.12 bits per heavy atom. The van der Waals surface area contributed by atoms with E-state index in [4.69, 9.17) is 4.74 Å². The second-order valence-electron chi connectivity index (χ2n) is 7.37. The minimum absolute atomic E-state index is 0.0139. The topological polar surface area (TPSA) is 88.8 Å². The van der Waals surface area contributed by atoms with Gasteiger partial charge in [-0.05, 0) is 33.8 Å². The molecule has 3 rings (SSSR count). The number of hydrogen-bond acceptors (Lipinski definition) is 7. The number of thiazole rings is 1. The first-order valence-corrected chi connectivity index (χ1v) is 9.25. The summed E-state index contributed by atoms with van der Waals surface area (Å²) >= 11 is 1.50. The molecule has 8 nitrogen and oxygen atoms in total. The molecule has 0 saturated carbocycles. The number of amides is 1. The van der Waals surface area contributed by atoms with E-state index in [1.807, 2.05) is 27.7 Å². The molecule has 1 amide bonds. The molecule has 1 saturated heterocycles. The highest BCUT2D eigenvalue weighted by molar-refractivity contribution is 7.22. The van der Waals surface area contributed by atoms with Crippen LogP contribution in [0.2, 0.25) is 0 Å². The van der Waals surface area contributed by atoms with Gasteiger partial charge in [-0.3, -0.25) is 10.1 Å². The Kier molecular flexibility index (Phi) is 4.74. The monoisotopic (exact) mass is 378 g/mol.